The van der Waals surface area contributed by atoms with Gasteiger partial charge < -0.3 is 19.5 Å². The number of ether oxygens (including phenoxy) is 1. The van der Waals surface area contributed by atoms with Crippen molar-refractivity contribution >= 4 is 17.3 Å². The Balaban J connectivity index is 1.55. The molecule has 0 bridgehead atoms. The third kappa shape index (κ3) is 5.81. The highest BCUT2D eigenvalue weighted by Crippen LogP contribution is 2.12. The van der Waals surface area contributed by atoms with Gasteiger partial charge in [0.25, 0.3) is 0 Å². The number of benzene rings is 1. The van der Waals surface area contributed by atoms with Gasteiger partial charge in [0.15, 0.2) is 5.11 Å². The minimum absolute atomic E-state index is 0.292. The second kappa shape index (κ2) is 9.69. The van der Waals surface area contributed by atoms with Gasteiger partial charge in [-0.1, -0.05) is 29.8 Å². The maximum atomic E-state index is 5.69. The van der Waals surface area contributed by atoms with Crippen LogP contribution in [0, 0.1) is 6.92 Å². The quantitative estimate of drug-likeness (QED) is 0.721. The van der Waals surface area contributed by atoms with E-state index in [-0.39, 0.29) is 0 Å². The summed E-state index contributed by atoms with van der Waals surface area (Å²) in [5.41, 5.74) is 2.55. The normalized spacial score (nSPS) is 16.6. The number of thiocarbonyl (C=S) groups is 1. The van der Waals surface area contributed by atoms with Gasteiger partial charge in [0, 0.05) is 45.2 Å². The van der Waals surface area contributed by atoms with E-state index in [2.05, 4.69) is 51.0 Å². The van der Waals surface area contributed by atoms with Gasteiger partial charge in [-0.25, -0.2) is 4.98 Å². The van der Waals surface area contributed by atoms with Crippen molar-refractivity contribution < 1.29 is 4.74 Å². The molecule has 0 radical (unpaired) electrons. The molecule has 0 aliphatic carbocycles. The van der Waals surface area contributed by atoms with Crippen LogP contribution in [0.15, 0.2) is 43.0 Å². The zero-order valence-electron chi connectivity index (χ0n) is 15.4. The molecule has 1 fully saturated rings. The number of nitrogens with zero attached hydrogens (tertiary/aromatic N) is 3. The van der Waals surface area contributed by atoms with Crippen molar-refractivity contribution in [3.63, 3.8) is 0 Å². The molecule has 3 rings (SSSR count). The second-order valence-electron chi connectivity index (χ2n) is 6.88. The molecule has 1 atom stereocenters. The average molecular weight is 373 g/mol. The van der Waals surface area contributed by atoms with Crippen molar-refractivity contribution in [3.8, 4) is 0 Å². The van der Waals surface area contributed by atoms with Crippen molar-refractivity contribution in [1.29, 1.82) is 0 Å². The van der Waals surface area contributed by atoms with Gasteiger partial charge in [-0.3, -0.25) is 0 Å². The number of hydrogen-bond acceptors (Lipinski definition) is 3. The van der Waals surface area contributed by atoms with Crippen LogP contribution in [-0.2, 0) is 17.8 Å². The zero-order chi connectivity index (χ0) is 18.2. The van der Waals surface area contributed by atoms with Crippen LogP contribution in [0.25, 0.3) is 0 Å². The minimum Gasteiger partial charge on any atom is -0.376 e. The highest BCUT2D eigenvalue weighted by Gasteiger charge is 2.17. The molecule has 1 aromatic heterocycles. The fourth-order valence-corrected chi connectivity index (χ4v) is 3.39. The van der Waals surface area contributed by atoms with E-state index in [9.17, 15) is 0 Å². The predicted molar refractivity (Wildman–Crippen MR) is 108 cm³/mol. The molecule has 0 amide bonds. The molecule has 26 heavy (non-hydrogen) atoms. The van der Waals surface area contributed by atoms with Crippen molar-refractivity contribution in [2.75, 3.05) is 19.7 Å². The number of aromatic nitrogens is 2. The lowest BCUT2D eigenvalue weighted by Gasteiger charge is -2.27. The van der Waals surface area contributed by atoms with Crippen LogP contribution in [0.4, 0.5) is 0 Å². The van der Waals surface area contributed by atoms with Gasteiger partial charge in [-0.05, 0) is 44.0 Å². The molecule has 1 N–H and O–H groups in total. The molecule has 5 nitrogen and oxygen atoms in total. The molecule has 0 spiro atoms. The Labute approximate surface area is 161 Å². The Morgan fingerprint density at radius 1 is 1.38 bits per heavy atom. The van der Waals surface area contributed by atoms with Crippen molar-refractivity contribution in [1.82, 2.24) is 19.8 Å². The number of rotatable bonds is 8. The Kier molecular flexibility index (Phi) is 7.03. The standard InChI is InChI=1S/C20H28N4OS/c1-17-5-7-18(8-6-17)15-24(11-3-10-23-12-9-21-16-23)20(26)22-14-19-4-2-13-25-19/h5-9,12,16,19H,2-4,10-11,13-15H2,1H3,(H,22,26). The topological polar surface area (TPSA) is 42.3 Å². The van der Waals surface area contributed by atoms with Gasteiger partial charge in [-0.15, -0.1) is 0 Å². The van der Waals surface area contributed by atoms with Gasteiger partial charge in [-0.2, -0.15) is 0 Å². The van der Waals surface area contributed by atoms with Crippen molar-refractivity contribution in [3.05, 3.63) is 54.1 Å². The first-order valence-corrected chi connectivity index (χ1v) is 9.77. The molecule has 2 heterocycles. The van der Waals surface area contributed by atoms with Crippen molar-refractivity contribution in [2.45, 2.75) is 45.4 Å². The number of imidazole rings is 1. The summed E-state index contributed by atoms with van der Waals surface area (Å²) in [5.74, 6) is 0. The Morgan fingerprint density at radius 2 is 2.23 bits per heavy atom. The lowest BCUT2D eigenvalue weighted by Crippen LogP contribution is -2.42. The van der Waals surface area contributed by atoms with E-state index in [0.29, 0.717) is 6.10 Å². The predicted octanol–water partition coefficient (Wildman–Crippen LogP) is 3.14. The Morgan fingerprint density at radius 3 is 2.92 bits per heavy atom. The first kappa shape index (κ1) is 18.9. The van der Waals surface area contributed by atoms with E-state index in [0.717, 1.165) is 57.2 Å². The van der Waals surface area contributed by atoms with Crippen LogP contribution >= 0.6 is 12.2 Å². The monoisotopic (exact) mass is 372 g/mol. The maximum absolute atomic E-state index is 5.69. The van der Waals surface area contributed by atoms with Gasteiger partial charge in [0.2, 0.25) is 0 Å². The molecule has 2 aromatic rings. The molecule has 140 valence electrons. The van der Waals surface area contributed by atoms with E-state index in [4.69, 9.17) is 17.0 Å². The molecule has 1 aromatic carbocycles. The Bertz CT molecular complexity index is 666. The van der Waals surface area contributed by atoms with E-state index in [1.807, 2.05) is 18.7 Å². The average Bonchev–Trinajstić information content (AvgIpc) is 3.34. The molecule has 6 heteroatoms. The molecular formula is C20H28N4OS. The van der Waals surface area contributed by atoms with Crippen LogP contribution in [0.1, 0.15) is 30.4 Å². The minimum atomic E-state index is 0.292. The van der Waals surface area contributed by atoms with E-state index < -0.39 is 0 Å². The summed E-state index contributed by atoms with van der Waals surface area (Å²) in [6, 6.07) is 8.67. The van der Waals surface area contributed by atoms with Gasteiger partial charge >= 0.3 is 0 Å². The summed E-state index contributed by atoms with van der Waals surface area (Å²) in [6.45, 7) is 6.45. The van der Waals surface area contributed by atoms with Crippen LogP contribution < -0.4 is 5.32 Å². The molecule has 1 unspecified atom stereocenters. The summed E-state index contributed by atoms with van der Waals surface area (Å²) >= 11 is 5.69. The third-order valence-corrected chi connectivity index (χ3v) is 5.09. The van der Waals surface area contributed by atoms with Crippen molar-refractivity contribution in [2.24, 2.45) is 0 Å². The van der Waals surface area contributed by atoms with Crippen LogP contribution in [0.2, 0.25) is 0 Å². The lowest BCUT2D eigenvalue weighted by atomic mass is 10.1. The van der Waals surface area contributed by atoms with E-state index in [1.165, 1.54) is 11.1 Å². The fourth-order valence-electron chi connectivity index (χ4n) is 3.15. The summed E-state index contributed by atoms with van der Waals surface area (Å²) in [4.78, 5) is 6.36. The lowest BCUT2D eigenvalue weighted by molar-refractivity contribution is 0.113. The van der Waals surface area contributed by atoms with Crippen LogP contribution in [-0.4, -0.2) is 45.4 Å². The van der Waals surface area contributed by atoms with E-state index in [1.54, 1.807) is 0 Å². The molecular weight excluding hydrogens is 344 g/mol. The summed E-state index contributed by atoms with van der Waals surface area (Å²) in [7, 11) is 0. The number of aryl methyl sites for hydroxylation is 2. The van der Waals surface area contributed by atoms with E-state index >= 15 is 0 Å². The number of hydrogen-bond donors (Lipinski definition) is 1. The fraction of sp³-hybridized carbons (Fsp3) is 0.500. The van der Waals surface area contributed by atoms with Gasteiger partial charge in [0.1, 0.15) is 0 Å². The number of nitrogens with one attached hydrogen (secondary N) is 1. The maximum Gasteiger partial charge on any atom is 0.169 e. The first-order chi connectivity index (χ1) is 12.7. The summed E-state index contributed by atoms with van der Waals surface area (Å²) < 4.78 is 7.80. The summed E-state index contributed by atoms with van der Waals surface area (Å²) in [5, 5.41) is 4.22. The smallest absolute Gasteiger partial charge is 0.169 e. The SMILES string of the molecule is Cc1ccc(CN(CCCn2ccnc2)C(=S)NCC2CCCO2)cc1. The second-order valence-corrected chi connectivity index (χ2v) is 7.27. The third-order valence-electron chi connectivity index (χ3n) is 4.69. The van der Waals surface area contributed by atoms with Crippen LogP contribution in [0.3, 0.4) is 0 Å². The molecule has 0 saturated carbocycles. The van der Waals surface area contributed by atoms with Crippen LogP contribution in [0.5, 0.6) is 0 Å². The molecule has 1 saturated heterocycles. The Hall–Kier alpha value is -1.92. The highest BCUT2D eigenvalue weighted by atomic mass is 32.1. The molecule has 1 aliphatic rings. The van der Waals surface area contributed by atoms with Gasteiger partial charge in [0.05, 0.1) is 12.4 Å². The largest absolute Gasteiger partial charge is 0.376 e. The zero-order valence-corrected chi connectivity index (χ0v) is 16.3. The molecule has 1 aliphatic heterocycles. The highest BCUT2D eigenvalue weighted by molar-refractivity contribution is 7.80. The first-order valence-electron chi connectivity index (χ1n) is 9.36. The summed E-state index contributed by atoms with van der Waals surface area (Å²) in [6.07, 6.45) is 9.25.